The topological polar surface area (TPSA) is 54.5 Å². The Morgan fingerprint density at radius 3 is 3.15 bits per heavy atom. The third-order valence-corrected chi connectivity index (χ3v) is 3.69. The number of hydrogen-bond acceptors (Lipinski definition) is 3. The van der Waals surface area contributed by atoms with E-state index in [4.69, 9.17) is 4.74 Å². The lowest BCUT2D eigenvalue weighted by atomic mass is 10.00. The highest BCUT2D eigenvalue weighted by molar-refractivity contribution is 5.74. The summed E-state index contributed by atoms with van der Waals surface area (Å²) in [5, 5.41) is 2.96. The number of aromatic nitrogens is 1. The number of nitrogens with one attached hydrogen (secondary N) is 1. The van der Waals surface area contributed by atoms with Gasteiger partial charge in [0.1, 0.15) is 0 Å². The van der Waals surface area contributed by atoms with E-state index in [0.717, 1.165) is 31.5 Å². The summed E-state index contributed by atoms with van der Waals surface area (Å²) in [7, 11) is 1.70. The SMILES string of the molecule is COCCC1CCCCN1C(=O)NCc1ccccn1. The van der Waals surface area contributed by atoms with Crippen molar-refractivity contribution in [3.05, 3.63) is 30.1 Å². The zero-order valence-corrected chi connectivity index (χ0v) is 12.0. The van der Waals surface area contributed by atoms with Crippen molar-refractivity contribution < 1.29 is 9.53 Å². The number of amides is 2. The Labute approximate surface area is 120 Å². The van der Waals surface area contributed by atoms with Crippen molar-refractivity contribution in [1.29, 1.82) is 0 Å². The molecule has 5 nitrogen and oxygen atoms in total. The molecule has 0 aliphatic carbocycles. The lowest BCUT2D eigenvalue weighted by Gasteiger charge is -2.35. The van der Waals surface area contributed by atoms with Crippen LogP contribution in [0.4, 0.5) is 4.79 Å². The van der Waals surface area contributed by atoms with Crippen molar-refractivity contribution in [2.75, 3.05) is 20.3 Å². The summed E-state index contributed by atoms with van der Waals surface area (Å²) in [5.41, 5.74) is 0.881. The molecule has 1 unspecified atom stereocenters. The van der Waals surface area contributed by atoms with Crippen molar-refractivity contribution in [3.8, 4) is 0 Å². The van der Waals surface area contributed by atoms with Crippen LogP contribution >= 0.6 is 0 Å². The molecule has 0 aromatic carbocycles. The highest BCUT2D eigenvalue weighted by atomic mass is 16.5. The number of carbonyl (C=O) groups excluding carboxylic acids is 1. The first kappa shape index (κ1) is 14.8. The van der Waals surface area contributed by atoms with Gasteiger partial charge in [-0.1, -0.05) is 6.07 Å². The Morgan fingerprint density at radius 1 is 1.50 bits per heavy atom. The van der Waals surface area contributed by atoms with Crippen molar-refractivity contribution in [1.82, 2.24) is 15.2 Å². The quantitative estimate of drug-likeness (QED) is 0.897. The van der Waals surface area contributed by atoms with Gasteiger partial charge in [-0.3, -0.25) is 4.98 Å². The monoisotopic (exact) mass is 277 g/mol. The standard InChI is InChI=1S/C15H23N3O2/c1-20-11-8-14-7-3-5-10-18(14)15(19)17-12-13-6-2-4-9-16-13/h2,4,6,9,14H,3,5,7-8,10-12H2,1H3,(H,17,19). The van der Waals surface area contributed by atoms with Crippen LogP contribution in [0.2, 0.25) is 0 Å². The van der Waals surface area contributed by atoms with Crippen molar-refractivity contribution >= 4 is 6.03 Å². The summed E-state index contributed by atoms with van der Waals surface area (Å²) in [6.45, 7) is 2.02. The van der Waals surface area contributed by atoms with Crippen molar-refractivity contribution in [3.63, 3.8) is 0 Å². The van der Waals surface area contributed by atoms with Crippen LogP contribution in [0.3, 0.4) is 0 Å². The number of likely N-dealkylation sites (tertiary alicyclic amines) is 1. The lowest BCUT2D eigenvalue weighted by molar-refractivity contribution is 0.116. The summed E-state index contributed by atoms with van der Waals surface area (Å²) in [5.74, 6) is 0. The maximum atomic E-state index is 12.3. The van der Waals surface area contributed by atoms with E-state index in [2.05, 4.69) is 10.3 Å². The van der Waals surface area contributed by atoms with E-state index in [0.29, 0.717) is 19.2 Å². The maximum absolute atomic E-state index is 12.3. The molecule has 0 spiro atoms. The Bertz CT molecular complexity index is 411. The van der Waals surface area contributed by atoms with Gasteiger partial charge in [0.15, 0.2) is 0 Å². The van der Waals surface area contributed by atoms with E-state index in [9.17, 15) is 4.79 Å². The molecule has 1 saturated heterocycles. The zero-order chi connectivity index (χ0) is 14.2. The van der Waals surface area contributed by atoms with Crippen molar-refractivity contribution in [2.24, 2.45) is 0 Å². The minimum Gasteiger partial charge on any atom is -0.385 e. The number of methoxy groups -OCH3 is 1. The van der Waals surface area contributed by atoms with Gasteiger partial charge >= 0.3 is 6.03 Å². The minimum atomic E-state index is 0.0106. The molecule has 20 heavy (non-hydrogen) atoms. The van der Waals surface area contributed by atoms with Gasteiger partial charge in [0.25, 0.3) is 0 Å². The van der Waals surface area contributed by atoms with Crippen LogP contribution in [0.5, 0.6) is 0 Å². The second-order valence-electron chi connectivity index (χ2n) is 5.10. The molecule has 5 heteroatoms. The highest BCUT2D eigenvalue weighted by Gasteiger charge is 2.26. The smallest absolute Gasteiger partial charge is 0.317 e. The van der Waals surface area contributed by atoms with E-state index in [-0.39, 0.29) is 6.03 Å². The fourth-order valence-electron chi connectivity index (χ4n) is 2.59. The molecule has 2 amide bonds. The molecule has 0 bridgehead atoms. The first-order chi connectivity index (χ1) is 9.81. The van der Waals surface area contributed by atoms with Gasteiger partial charge in [-0.15, -0.1) is 0 Å². The molecule has 1 aliphatic rings. The Morgan fingerprint density at radius 2 is 2.40 bits per heavy atom. The van der Waals surface area contributed by atoms with Crippen LogP contribution in [-0.4, -0.2) is 42.2 Å². The van der Waals surface area contributed by atoms with Crippen LogP contribution in [0, 0.1) is 0 Å². The molecule has 1 aromatic rings. The van der Waals surface area contributed by atoms with Gasteiger partial charge < -0.3 is 15.0 Å². The summed E-state index contributed by atoms with van der Waals surface area (Å²) in [6, 6.07) is 6.02. The predicted molar refractivity (Wildman–Crippen MR) is 77.3 cm³/mol. The number of pyridine rings is 1. The summed E-state index contributed by atoms with van der Waals surface area (Å²) < 4.78 is 5.13. The van der Waals surface area contributed by atoms with Crippen LogP contribution in [-0.2, 0) is 11.3 Å². The van der Waals surface area contributed by atoms with E-state index in [1.165, 1.54) is 6.42 Å². The highest BCUT2D eigenvalue weighted by Crippen LogP contribution is 2.19. The van der Waals surface area contributed by atoms with Crippen molar-refractivity contribution in [2.45, 2.75) is 38.3 Å². The van der Waals surface area contributed by atoms with Gasteiger partial charge in [0.05, 0.1) is 12.2 Å². The van der Waals surface area contributed by atoms with Gasteiger partial charge in [-0.05, 0) is 37.8 Å². The maximum Gasteiger partial charge on any atom is 0.317 e. The summed E-state index contributed by atoms with van der Waals surface area (Å²) >= 11 is 0. The average Bonchev–Trinajstić information content (AvgIpc) is 2.52. The van der Waals surface area contributed by atoms with Gasteiger partial charge in [-0.25, -0.2) is 4.79 Å². The van der Waals surface area contributed by atoms with E-state index in [1.807, 2.05) is 23.1 Å². The number of ether oxygens (including phenoxy) is 1. The van der Waals surface area contributed by atoms with Gasteiger partial charge in [0, 0.05) is 32.5 Å². The first-order valence-corrected chi connectivity index (χ1v) is 7.24. The van der Waals surface area contributed by atoms with Gasteiger partial charge in [-0.2, -0.15) is 0 Å². The van der Waals surface area contributed by atoms with Crippen LogP contribution in [0.1, 0.15) is 31.4 Å². The fourth-order valence-corrected chi connectivity index (χ4v) is 2.59. The molecule has 1 N–H and O–H groups in total. The normalized spacial score (nSPS) is 18.9. The molecule has 0 radical (unpaired) electrons. The molecule has 2 rings (SSSR count). The number of urea groups is 1. The third-order valence-electron chi connectivity index (χ3n) is 3.69. The Kier molecular flexibility index (Phi) is 5.80. The zero-order valence-electron chi connectivity index (χ0n) is 12.0. The van der Waals surface area contributed by atoms with Crippen LogP contribution in [0.25, 0.3) is 0 Å². The van der Waals surface area contributed by atoms with E-state index < -0.39 is 0 Å². The number of hydrogen-bond donors (Lipinski definition) is 1. The number of carbonyl (C=O) groups is 1. The molecular weight excluding hydrogens is 254 g/mol. The van der Waals surface area contributed by atoms with E-state index in [1.54, 1.807) is 13.3 Å². The van der Waals surface area contributed by atoms with Gasteiger partial charge in [0.2, 0.25) is 0 Å². The number of nitrogens with zero attached hydrogens (tertiary/aromatic N) is 2. The largest absolute Gasteiger partial charge is 0.385 e. The van der Waals surface area contributed by atoms with Crippen LogP contribution in [0.15, 0.2) is 24.4 Å². The minimum absolute atomic E-state index is 0.0106. The predicted octanol–water partition coefficient (Wildman–Crippen LogP) is 2.18. The molecular formula is C15H23N3O2. The first-order valence-electron chi connectivity index (χ1n) is 7.24. The molecule has 1 aliphatic heterocycles. The second-order valence-corrected chi connectivity index (χ2v) is 5.10. The van der Waals surface area contributed by atoms with Crippen LogP contribution < -0.4 is 5.32 Å². The summed E-state index contributed by atoms with van der Waals surface area (Å²) in [6.07, 6.45) is 6.00. The molecule has 0 saturated carbocycles. The summed E-state index contributed by atoms with van der Waals surface area (Å²) in [4.78, 5) is 18.5. The molecule has 1 atom stereocenters. The Balaban J connectivity index is 1.85. The lowest BCUT2D eigenvalue weighted by Crippen LogP contribution is -2.48. The number of rotatable bonds is 5. The average molecular weight is 277 g/mol. The molecule has 1 aromatic heterocycles. The Hall–Kier alpha value is -1.62. The fraction of sp³-hybridized carbons (Fsp3) is 0.600. The molecule has 110 valence electrons. The third kappa shape index (κ3) is 4.20. The number of piperidine rings is 1. The molecule has 2 heterocycles. The van der Waals surface area contributed by atoms with E-state index >= 15 is 0 Å². The molecule has 1 fully saturated rings. The second kappa shape index (κ2) is 7.85.